The first-order chi connectivity index (χ1) is 7.89. The number of aromatic amines is 1. The minimum absolute atomic E-state index is 0.0610. The molecule has 0 aliphatic heterocycles. The summed E-state index contributed by atoms with van der Waals surface area (Å²) in [5.41, 5.74) is 0. The highest BCUT2D eigenvalue weighted by Gasteiger charge is 2.26. The molecule has 1 rings (SSSR count). The van der Waals surface area contributed by atoms with Crippen LogP contribution in [-0.4, -0.2) is 60.9 Å². The highest BCUT2D eigenvalue weighted by Crippen LogP contribution is 2.13. The Morgan fingerprint density at radius 2 is 2.12 bits per heavy atom. The Morgan fingerprint density at radius 1 is 1.47 bits per heavy atom. The maximum atomic E-state index is 12.1. The van der Waals surface area contributed by atoms with Gasteiger partial charge in [0.1, 0.15) is 4.90 Å². The smallest absolute Gasteiger partial charge is 0.246 e. The Kier molecular flexibility index (Phi) is 4.24. The van der Waals surface area contributed by atoms with Crippen molar-refractivity contribution < 1.29 is 13.2 Å². The number of H-pyrrole nitrogens is 1. The Labute approximate surface area is 100 Å². The highest BCUT2D eigenvalue weighted by molar-refractivity contribution is 7.89. The van der Waals surface area contributed by atoms with Gasteiger partial charge in [-0.05, 0) is 0 Å². The van der Waals surface area contributed by atoms with Crippen molar-refractivity contribution >= 4 is 15.9 Å². The van der Waals surface area contributed by atoms with E-state index in [4.69, 9.17) is 0 Å². The molecule has 17 heavy (non-hydrogen) atoms. The molecule has 0 spiro atoms. The predicted octanol–water partition coefficient (Wildman–Crippen LogP) is -0.491. The number of nitrogens with zero attached hydrogens (tertiary/aromatic N) is 3. The average Bonchev–Trinajstić information content (AvgIpc) is 2.78. The Bertz CT molecular complexity index is 466. The van der Waals surface area contributed by atoms with Crippen LogP contribution in [0.25, 0.3) is 0 Å². The Hall–Kier alpha value is -1.41. The summed E-state index contributed by atoms with van der Waals surface area (Å²) >= 11 is 0. The first kappa shape index (κ1) is 13.7. The number of aromatic nitrogens is 2. The second-order valence-electron chi connectivity index (χ2n) is 3.65. The molecular weight excluding hydrogens is 244 g/mol. The maximum absolute atomic E-state index is 12.1. The molecule has 1 aromatic heterocycles. The van der Waals surface area contributed by atoms with Crippen LogP contribution in [0.2, 0.25) is 0 Å². The fraction of sp³-hybridized carbons (Fsp3) is 0.556. The van der Waals surface area contributed by atoms with Crippen molar-refractivity contribution in [3.05, 3.63) is 12.4 Å². The zero-order chi connectivity index (χ0) is 13.1. The first-order valence-corrected chi connectivity index (χ1v) is 6.52. The minimum atomic E-state index is -3.64. The highest BCUT2D eigenvalue weighted by atomic mass is 32.2. The van der Waals surface area contributed by atoms with E-state index in [1.807, 2.05) is 0 Å². The molecule has 96 valence electrons. The van der Waals surface area contributed by atoms with Crippen LogP contribution in [0.3, 0.4) is 0 Å². The SMILES string of the molecule is CCN(CC(=O)N(C)C)S(=O)(=O)c1cn[nH]c1. The van der Waals surface area contributed by atoms with Crippen LogP contribution in [0.15, 0.2) is 17.3 Å². The van der Waals surface area contributed by atoms with Gasteiger partial charge in [-0.3, -0.25) is 9.89 Å². The van der Waals surface area contributed by atoms with Gasteiger partial charge in [0.15, 0.2) is 0 Å². The molecule has 1 N–H and O–H groups in total. The van der Waals surface area contributed by atoms with E-state index in [9.17, 15) is 13.2 Å². The number of carbonyl (C=O) groups excluding carboxylic acids is 1. The second kappa shape index (κ2) is 5.28. The fourth-order valence-corrected chi connectivity index (χ4v) is 2.49. The molecule has 1 amide bonds. The molecule has 0 aliphatic carbocycles. The molecule has 0 atom stereocenters. The van der Waals surface area contributed by atoms with Gasteiger partial charge in [0, 0.05) is 26.8 Å². The van der Waals surface area contributed by atoms with Crippen molar-refractivity contribution in [2.75, 3.05) is 27.2 Å². The third-order valence-electron chi connectivity index (χ3n) is 2.27. The minimum Gasteiger partial charge on any atom is -0.348 e. The van der Waals surface area contributed by atoms with Crippen LogP contribution in [0.1, 0.15) is 6.92 Å². The summed E-state index contributed by atoms with van der Waals surface area (Å²) in [6.07, 6.45) is 2.51. The van der Waals surface area contributed by atoms with Gasteiger partial charge in [-0.1, -0.05) is 6.92 Å². The molecule has 0 aliphatic rings. The van der Waals surface area contributed by atoms with E-state index >= 15 is 0 Å². The van der Waals surface area contributed by atoms with E-state index in [0.717, 1.165) is 4.31 Å². The zero-order valence-corrected chi connectivity index (χ0v) is 10.9. The van der Waals surface area contributed by atoms with Crippen LogP contribution in [0, 0.1) is 0 Å². The fourth-order valence-electron chi connectivity index (χ4n) is 1.19. The summed E-state index contributed by atoms with van der Waals surface area (Å²) in [5.74, 6) is -0.265. The van der Waals surface area contributed by atoms with Gasteiger partial charge in [0.05, 0.1) is 12.7 Å². The third-order valence-corrected chi connectivity index (χ3v) is 4.16. The molecule has 1 heterocycles. The van der Waals surface area contributed by atoms with Crippen molar-refractivity contribution in [1.29, 1.82) is 0 Å². The lowest BCUT2D eigenvalue weighted by molar-refractivity contribution is -0.128. The summed E-state index contributed by atoms with van der Waals surface area (Å²) in [5, 5.41) is 6.03. The van der Waals surface area contributed by atoms with Gasteiger partial charge in [-0.15, -0.1) is 0 Å². The van der Waals surface area contributed by atoms with Gasteiger partial charge in [-0.25, -0.2) is 8.42 Å². The topological polar surface area (TPSA) is 86.4 Å². The van der Waals surface area contributed by atoms with Gasteiger partial charge in [0.2, 0.25) is 15.9 Å². The number of nitrogens with one attached hydrogen (secondary N) is 1. The van der Waals surface area contributed by atoms with Crippen molar-refractivity contribution in [3.63, 3.8) is 0 Å². The van der Waals surface area contributed by atoms with Gasteiger partial charge in [-0.2, -0.15) is 9.40 Å². The van der Waals surface area contributed by atoms with Crippen molar-refractivity contribution in [3.8, 4) is 0 Å². The molecule has 8 heteroatoms. The van der Waals surface area contributed by atoms with E-state index < -0.39 is 10.0 Å². The van der Waals surface area contributed by atoms with Crippen molar-refractivity contribution in [2.45, 2.75) is 11.8 Å². The molecule has 0 radical (unpaired) electrons. The molecule has 1 aromatic rings. The molecule has 0 saturated heterocycles. The molecule has 7 nitrogen and oxygen atoms in total. The monoisotopic (exact) mass is 260 g/mol. The normalized spacial score (nSPS) is 11.8. The Morgan fingerprint density at radius 3 is 2.53 bits per heavy atom. The standard InChI is InChI=1S/C9H16N4O3S/c1-4-13(7-9(14)12(2)3)17(15,16)8-5-10-11-6-8/h5-6H,4,7H2,1-3H3,(H,10,11). The summed E-state index contributed by atoms with van der Waals surface area (Å²) < 4.78 is 25.3. The lowest BCUT2D eigenvalue weighted by Crippen LogP contribution is -2.40. The summed E-state index contributed by atoms with van der Waals surface area (Å²) in [6.45, 7) is 1.74. The molecule has 0 fully saturated rings. The van der Waals surface area contributed by atoms with E-state index in [0.29, 0.717) is 0 Å². The first-order valence-electron chi connectivity index (χ1n) is 5.08. The lowest BCUT2D eigenvalue weighted by atomic mass is 10.5. The number of sulfonamides is 1. The van der Waals surface area contributed by atoms with E-state index in [-0.39, 0.29) is 23.9 Å². The van der Waals surface area contributed by atoms with Crippen LogP contribution in [0.5, 0.6) is 0 Å². The van der Waals surface area contributed by atoms with E-state index in [2.05, 4.69) is 10.2 Å². The van der Waals surface area contributed by atoms with Crippen molar-refractivity contribution in [2.24, 2.45) is 0 Å². The number of hydrogen-bond acceptors (Lipinski definition) is 4. The van der Waals surface area contributed by atoms with Gasteiger partial charge < -0.3 is 4.90 Å². The van der Waals surface area contributed by atoms with Crippen LogP contribution in [-0.2, 0) is 14.8 Å². The number of likely N-dealkylation sites (N-methyl/N-ethyl adjacent to an activating group) is 2. The van der Waals surface area contributed by atoms with E-state index in [1.54, 1.807) is 21.0 Å². The lowest BCUT2D eigenvalue weighted by Gasteiger charge is -2.20. The maximum Gasteiger partial charge on any atom is 0.246 e. The average molecular weight is 260 g/mol. The van der Waals surface area contributed by atoms with Crippen molar-refractivity contribution in [1.82, 2.24) is 19.4 Å². The zero-order valence-electron chi connectivity index (χ0n) is 10.0. The largest absolute Gasteiger partial charge is 0.348 e. The van der Waals surface area contributed by atoms with Crippen LogP contribution >= 0.6 is 0 Å². The summed E-state index contributed by atoms with van der Waals surface area (Å²) in [4.78, 5) is 12.9. The van der Waals surface area contributed by atoms with Gasteiger partial charge >= 0.3 is 0 Å². The van der Waals surface area contributed by atoms with Gasteiger partial charge in [0.25, 0.3) is 0 Å². The molecule has 0 aromatic carbocycles. The quantitative estimate of drug-likeness (QED) is 0.774. The number of hydrogen-bond donors (Lipinski definition) is 1. The van der Waals surface area contributed by atoms with Crippen LogP contribution in [0.4, 0.5) is 0 Å². The molecular formula is C9H16N4O3S. The third kappa shape index (κ3) is 3.04. The summed E-state index contributed by atoms with van der Waals surface area (Å²) in [6, 6.07) is 0. The van der Waals surface area contributed by atoms with Crippen LogP contribution < -0.4 is 0 Å². The van der Waals surface area contributed by atoms with E-state index in [1.165, 1.54) is 17.3 Å². The predicted molar refractivity (Wildman–Crippen MR) is 61.7 cm³/mol. The molecule has 0 bridgehead atoms. The summed E-state index contributed by atoms with van der Waals surface area (Å²) in [7, 11) is -0.476. The number of carbonyl (C=O) groups is 1. The second-order valence-corrected chi connectivity index (χ2v) is 5.59. The number of rotatable bonds is 5. The molecule has 0 saturated carbocycles. The number of amides is 1. The molecule has 0 unspecified atom stereocenters. The Balaban J connectivity index is 2.92.